The minimum Gasteiger partial charge on any atom is -0.397 e. The lowest BCUT2D eigenvalue weighted by Gasteiger charge is -2.34. The Morgan fingerprint density at radius 1 is 1.45 bits per heavy atom. The molecule has 2 atom stereocenters. The summed E-state index contributed by atoms with van der Waals surface area (Å²) in [7, 11) is -1.51. The topological polar surface area (TPSA) is 75.4 Å². The maximum atomic E-state index is 12.4. The van der Waals surface area contributed by atoms with Gasteiger partial charge in [0, 0.05) is 12.6 Å². The van der Waals surface area contributed by atoms with Gasteiger partial charge in [-0.1, -0.05) is 18.5 Å². The second-order valence-corrected chi connectivity index (χ2v) is 7.56. The number of nitrogens with zero attached hydrogens (tertiary/aromatic N) is 1. The van der Waals surface area contributed by atoms with E-state index in [0.717, 1.165) is 19.5 Å². The number of hydrogen-bond donors (Lipinski definition) is 2. The van der Waals surface area contributed by atoms with Crippen molar-refractivity contribution in [2.45, 2.75) is 24.3 Å². The summed E-state index contributed by atoms with van der Waals surface area (Å²) in [4.78, 5) is 2.36. The van der Waals surface area contributed by atoms with Crippen LogP contribution >= 0.6 is 11.6 Å². The molecule has 1 aliphatic rings. The van der Waals surface area contributed by atoms with Gasteiger partial charge in [0.25, 0.3) is 0 Å². The van der Waals surface area contributed by atoms with Crippen LogP contribution in [0.3, 0.4) is 0 Å². The lowest BCUT2D eigenvalue weighted by Crippen LogP contribution is -2.48. The van der Waals surface area contributed by atoms with Crippen molar-refractivity contribution in [3.8, 4) is 0 Å². The number of rotatable bonds is 3. The van der Waals surface area contributed by atoms with Gasteiger partial charge < -0.3 is 10.6 Å². The quantitative estimate of drug-likeness (QED) is 0.829. The highest BCUT2D eigenvalue weighted by atomic mass is 35.5. The standard InChI is InChI=1S/C13H20ClN3O2S/c1-9-8-17(2)6-5-13(9)16-20(18,19)10-3-4-11(14)12(15)7-10/h3-4,7,9,13,16H,5-6,8,15H2,1-2H3. The fourth-order valence-electron chi connectivity index (χ4n) is 2.49. The van der Waals surface area contributed by atoms with Crippen molar-refractivity contribution in [1.82, 2.24) is 9.62 Å². The van der Waals surface area contributed by atoms with Crippen molar-refractivity contribution in [3.05, 3.63) is 23.2 Å². The number of benzene rings is 1. The normalized spacial score (nSPS) is 24.8. The lowest BCUT2D eigenvalue weighted by molar-refractivity contribution is 0.188. The third kappa shape index (κ3) is 3.44. The SMILES string of the molecule is CC1CN(C)CCC1NS(=O)(=O)c1ccc(Cl)c(N)c1. The van der Waals surface area contributed by atoms with E-state index < -0.39 is 10.0 Å². The van der Waals surface area contributed by atoms with Gasteiger partial charge in [-0.15, -0.1) is 0 Å². The number of hydrogen-bond acceptors (Lipinski definition) is 4. The Balaban J connectivity index is 2.16. The first-order valence-electron chi connectivity index (χ1n) is 6.55. The van der Waals surface area contributed by atoms with E-state index in [1.807, 2.05) is 7.05 Å². The Labute approximate surface area is 125 Å². The van der Waals surface area contributed by atoms with Crippen molar-refractivity contribution in [3.63, 3.8) is 0 Å². The van der Waals surface area contributed by atoms with Crippen LogP contribution < -0.4 is 10.5 Å². The van der Waals surface area contributed by atoms with Crippen molar-refractivity contribution in [2.24, 2.45) is 5.92 Å². The van der Waals surface area contributed by atoms with Crippen LogP contribution in [-0.2, 0) is 10.0 Å². The number of halogens is 1. The molecule has 1 aromatic carbocycles. The largest absolute Gasteiger partial charge is 0.397 e. The van der Waals surface area contributed by atoms with Gasteiger partial charge in [-0.25, -0.2) is 13.1 Å². The number of likely N-dealkylation sites (tertiary alicyclic amines) is 1. The van der Waals surface area contributed by atoms with Gasteiger partial charge in [-0.05, 0) is 44.1 Å². The van der Waals surface area contributed by atoms with Crippen LogP contribution in [0.1, 0.15) is 13.3 Å². The number of nitrogens with two attached hydrogens (primary N) is 1. The van der Waals surface area contributed by atoms with E-state index in [4.69, 9.17) is 17.3 Å². The maximum absolute atomic E-state index is 12.4. The van der Waals surface area contributed by atoms with Gasteiger partial charge in [-0.2, -0.15) is 0 Å². The van der Waals surface area contributed by atoms with Gasteiger partial charge >= 0.3 is 0 Å². The van der Waals surface area contributed by atoms with Crippen LogP contribution in [0.5, 0.6) is 0 Å². The summed E-state index contributed by atoms with van der Waals surface area (Å²) in [5.74, 6) is 0.271. The summed E-state index contributed by atoms with van der Waals surface area (Å²) in [6, 6.07) is 4.32. The number of anilines is 1. The molecule has 3 N–H and O–H groups in total. The predicted molar refractivity (Wildman–Crippen MR) is 81.3 cm³/mol. The van der Waals surface area contributed by atoms with Crippen LogP contribution in [0.15, 0.2) is 23.1 Å². The second-order valence-electron chi connectivity index (χ2n) is 5.44. The van der Waals surface area contributed by atoms with Gasteiger partial charge in [-0.3, -0.25) is 0 Å². The van der Waals surface area contributed by atoms with Crippen LogP contribution in [0, 0.1) is 5.92 Å². The molecule has 1 aliphatic heterocycles. The van der Waals surface area contributed by atoms with Gasteiger partial charge in [0.2, 0.25) is 10.0 Å². The monoisotopic (exact) mass is 317 g/mol. The Kier molecular flexibility index (Phi) is 4.59. The molecule has 0 aromatic heterocycles. The fraction of sp³-hybridized carbons (Fsp3) is 0.538. The molecule has 1 aromatic rings. The van der Waals surface area contributed by atoms with Crippen LogP contribution in [0.4, 0.5) is 5.69 Å². The molecule has 1 saturated heterocycles. The zero-order valence-corrected chi connectivity index (χ0v) is 13.2. The molecule has 112 valence electrons. The molecule has 0 amide bonds. The van der Waals surface area contributed by atoms with Crippen molar-refractivity contribution in [2.75, 3.05) is 25.9 Å². The smallest absolute Gasteiger partial charge is 0.240 e. The first-order chi connectivity index (χ1) is 9.29. The summed E-state index contributed by atoms with van der Waals surface area (Å²) in [6.07, 6.45) is 0.806. The number of nitrogens with one attached hydrogen (secondary N) is 1. The first kappa shape index (κ1) is 15.6. The average molecular weight is 318 g/mol. The highest BCUT2D eigenvalue weighted by Crippen LogP contribution is 2.23. The highest BCUT2D eigenvalue weighted by Gasteiger charge is 2.28. The van der Waals surface area contributed by atoms with Crippen LogP contribution in [0.2, 0.25) is 5.02 Å². The molecule has 0 radical (unpaired) electrons. The van der Waals surface area contributed by atoms with Gasteiger partial charge in [0.15, 0.2) is 0 Å². The summed E-state index contributed by atoms with van der Waals surface area (Å²) in [5, 5.41) is 0.358. The minimum atomic E-state index is -3.56. The molecule has 0 saturated carbocycles. The van der Waals surface area contributed by atoms with Crippen molar-refractivity contribution < 1.29 is 8.42 Å². The van der Waals surface area contributed by atoms with Crippen LogP contribution in [0.25, 0.3) is 0 Å². The molecule has 2 rings (SSSR count). The molecular formula is C13H20ClN3O2S. The summed E-state index contributed by atoms with van der Waals surface area (Å²) in [5.41, 5.74) is 5.93. The summed E-state index contributed by atoms with van der Waals surface area (Å²) < 4.78 is 27.5. The van der Waals surface area contributed by atoms with E-state index >= 15 is 0 Å². The zero-order chi connectivity index (χ0) is 14.9. The predicted octanol–water partition coefficient (Wildman–Crippen LogP) is 1.54. The number of piperidine rings is 1. The zero-order valence-electron chi connectivity index (χ0n) is 11.6. The molecule has 1 heterocycles. The first-order valence-corrected chi connectivity index (χ1v) is 8.41. The Morgan fingerprint density at radius 3 is 2.75 bits per heavy atom. The molecule has 1 fully saturated rings. The molecule has 0 aliphatic carbocycles. The lowest BCUT2D eigenvalue weighted by atomic mass is 9.95. The Bertz CT molecular complexity index is 591. The third-order valence-electron chi connectivity index (χ3n) is 3.69. The van der Waals surface area contributed by atoms with E-state index in [1.165, 1.54) is 18.2 Å². The van der Waals surface area contributed by atoms with Crippen LogP contribution in [-0.4, -0.2) is 39.5 Å². The molecule has 7 heteroatoms. The maximum Gasteiger partial charge on any atom is 0.240 e. The van der Waals surface area contributed by atoms with E-state index in [0.29, 0.717) is 5.02 Å². The fourth-order valence-corrected chi connectivity index (χ4v) is 4.02. The van der Waals surface area contributed by atoms with E-state index in [2.05, 4.69) is 16.5 Å². The van der Waals surface area contributed by atoms with Gasteiger partial charge in [0.1, 0.15) is 0 Å². The summed E-state index contributed by atoms with van der Waals surface area (Å²) >= 11 is 5.82. The van der Waals surface area contributed by atoms with E-state index in [-0.39, 0.29) is 22.5 Å². The minimum absolute atomic E-state index is 0.0481. The summed E-state index contributed by atoms with van der Waals surface area (Å²) in [6.45, 7) is 3.83. The van der Waals surface area contributed by atoms with Crippen molar-refractivity contribution >= 4 is 27.3 Å². The molecular weight excluding hydrogens is 298 g/mol. The molecule has 5 nitrogen and oxygen atoms in total. The average Bonchev–Trinajstić information content (AvgIpc) is 2.36. The molecule has 20 heavy (non-hydrogen) atoms. The number of nitrogen functional groups attached to an aromatic ring is 1. The van der Waals surface area contributed by atoms with Crippen molar-refractivity contribution in [1.29, 1.82) is 0 Å². The molecule has 0 spiro atoms. The van der Waals surface area contributed by atoms with E-state index in [1.54, 1.807) is 0 Å². The van der Waals surface area contributed by atoms with E-state index in [9.17, 15) is 8.42 Å². The Hall–Kier alpha value is -0.820. The molecule has 0 bridgehead atoms. The molecule has 2 unspecified atom stereocenters. The third-order valence-corrected chi connectivity index (χ3v) is 5.52. The Morgan fingerprint density at radius 2 is 2.15 bits per heavy atom. The van der Waals surface area contributed by atoms with Gasteiger partial charge in [0.05, 0.1) is 15.6 Å². The number of sulfonamides is 1. The second kappa shape index (κ2) is 5.89. The highest BCUT2D eigenvalue weighted by molar-refractivity contribution is 7.89.